The highest BCUT2D eigenvalue weighted by Crippen LogP contribution is 2.20. The van der Waals surface area contributed by atoms with Gasteiger partial charge in [-0.3, -0.25) is 10.1 Å². The van der Waals surface area contributed by atoms with Crippen LogP contribution in [0.25, 0.3) is 0 Å². The second-order valence-corrected chi connectivity index (χ2v) is 5.40. The van der Waals surface area contributed by atoms with E-state index in [1.165, 1.54) is 0 Å². The number of carbonyl (C=O) groups excluding carboxylic acids is 1. The number of hydrogen-bond donors (Lipinski definition) is 2. The lowest BCUT2D eigenvalue weighted by Gasteiger charge is -2.20. The van der Waals surface area contributed by atoms with Gasteiger partial charge in [0.25, 0.3) is 0 Å². The van der Waals surface area contributed by atoms with Crippen molar-refractivity contribution in [1.82, 2.24) is 5.32 Å². The molecule has 2 atom stereocenters. The van der Waals surface area contributed by atoms with Crippen molar-refractivity contribution in [3.63, 3.8) is 0 Å². The Morgan fingerprint density at radius 2 is 1.62 bits per heavy atom. The minimum absolute atomic E-state index is 0.0956. The maximum atomic E-state index is 12.2. The van der Waals surface area contributed by atoms with Gasteiger partial charge in [0.2, 0.25) is 5.91 Å². The Morgan fingerprint density at radius 1 is 1.00 bits per heavy atom. The molecular formula is C17H19ClN2O. The number of anilines is 1. The third kappa shape index (κ3) is 4.31. The highest BCUT2D eigenvalue weighted by molar-refractivity contribution is 6.33. The molecule has 0 aliphatic rings. The molecule has 0 aliphatic carbocycles. The first-order valence-electron chi connectivity index (χ1n) is 6.94. The first-order valence-corrected chi connectivity index (χ1v) is 7.32. The van der Waals surface area contributed by atoms with Crippen molar-refractivity contribution in [2.75, 3.05) is 5.32 Å². The summed E-state index contributed by atoms with van der Waals surface area (Å²) in [6.07, 6.45) is 0. The lowest BCUT2D eigenvalue weighted by Crippen LogP contribution is -2.39. The van der Waals surface area contributed by atoms with Crippen LogP contribution < -0.4 is 10.6 Å². The van der Waals surface area contributed by atoms with Crippen molar-refractivity contribution in [1.29, 1.82) is 0 Å². The first-order chi connectivity index (χ1) is 10.1. The molecule has 2 N–H and O–H groups in total. The molecule has 1 amide bonds. The van der Waals surface area contributed by atoms with Gasteiger partial charge in [-0.2, -0.15) is 0 Å². The summed E-state index contributed by atoms with van der Waals surface area (Å²) in [5, 5.41) is 6.65. The molecule has 0 saturated carbocycles. The normalized spacial score (nSPS) is 13.5. The van der Waals surface area contributed by atoms with Crippen molar-refractivity contribution in [2.24, 2.45) is 0 Å². The van der Waals surface area contributed by atoms with Gasteiger partial charge in [-0.05, 0) is 31.5 Å². The Hall–Kier alpha value is -1.84. The summed E-state index contributed by atoms with van der Waals surface area (Å²) < 4.78 is 0. The molecule has 0 bridgehead atoms. The lowest BCUT2D eigenvalue weighted by molar-refractivity contribution is -0.117. The van der Waals surface area contributed by atoms with Gasteiger partial charge in [0.05, 0.1) is 16.8 Å². The van der Waals surface area contributed by atoms with Crippen molar-refractivity contribution in [3.8, 4) is 0 Å². The van der Waals surface area contributed by atoms with Crippen LogP contribution in [0.4, 0.5) is 5.69 Å². The van der Waals surface area contributed by atoms with E-state index in [2.05, 4.69) is 10.6 Å². The van der Waals surface area contributed by atoms with E-state index in [0.717, 1.165) is 5.56 Å². The maximum Gasteiger partial charge on any atom is 0.241 e. The van der Waals surface area contributed by atoms with E-state index in [0.29, 0.717) is 10.7 Å². The summed E-state index contributed by atoms with van der Waals surface area (Å²) in [6, 6.07) is 17.0. The molecule has 0 aliphatic heterocycles. The highest BCUT2D eigenvalue weighted by Gasteiger charge is 2.16. The second kappa shape index (κ2) is 7.25. The third-order valence-electron chi connectivity index (χ3n) is 3.32. The van der Waals surface area contributed by atoms with Crippen molar-refractivity contribution in [2.45, 2.75) is 25.9 Å². The van der Waals surface area contributed by atoms with Crippen LogP contribution in [0, 0.1) is 0 Å². The molecule has 4 heteroatoms. The average Bonchev–Trinajstić information content (AvgIpc) is 2.50. The Morgan fingerprint density at radius 3 is 2.29 bits per heavy atom. The molecule has 2 rings (SSSR count). The summed E-state index contributed by atoms with van der Waals surface area (Å²) in [5.74, 6) is -0.106. The highest BCUT2D eigenvalue weighted by atomic mass is 35.5. The Bertz CT molecular complexity index is 601. The van der Waals surface area contributed by atoms with Gasteiger partial charge in [0.15, 0.2) is 0 Å². The Labute approximate surface area is 130 Å². The topological polar surface area (TPSA) is 41.1 Å². The van der Waals surface area contributed by atoms with Crippen molar-refractivity contribution < 1.29 is 4.79 Å². The van der Waals surface area contributed by atoms with Gasteiger partial charge in [-0.15, -0.1) is 0 Å². The van der Waals surface area contributed by atoms with E-state index in [4.69, 9.17) is 11.6 Å². The van der Waals surface area contributed by atoms with Gasteiger partial charge in [-0.1, -0.05) is 54.1 Å². The largest absolute Gasteiger partial charge is 0.323 e. The third-order valence-corrected chi connectivity index (χ3v) is 3.65. The van der Waals surface area contributed by atoms with E-state index in [-0.39, 0.29) is 18.0 Å². The molecule has 0 saturated heterocycles. The van der Waals surface area contributed by atoms with E-state index < -0.39 is 0 Å². The average molecular weight is 303 g/mol. The molecule has 0 aromatic heterocycles. The predicted octanol–water partition coefficient (Wildman–Crippen LogP) is 4.02. The van der Waals surface area contributed by atoms with Gasteiger partial charge < -0.3 is 5.32 Å². The molecule has 0 spiro atoms. The van der Waals surface area contributed by atoms with Gasteiger partial charge in [-0.25, -0.2) is 0 Å². The zero-order valence-electron chi connectivity index (χ0n) is 12.1. The minimum Gasteiger partial charge on any atom is -0.323 e. The summed E-state index contributed by atoms with van der Waals surface area (Å²) in [7, 11) is 0. The van der Waals surface area contributed by atoms with Crippen LogP contribution in [0.1, 0.15) is 25.5 Å². The van der Waals surface area contributed by atoms with Crippen molar-refractivity contribution in [3.05, 3.63) is 65.2 Å². The van der Waals surface area contributed by atoms with Crippen LogP contribution in [0.5, 0.6) is 0 Å². The standard InChI is InChI=1S/C17H19ClN2O/c1-12(14-8-4-3-5-9-14)19-13(2)17(21)20-16-11-7-6-10-15(16)18/h3-13,19H,1-2H3,(H,20,21)/t12-,13+/m0/s1. The number of benzene rings is 2. The second-order valence-electron chi connectivity index (χ2n) is 4.99. The van der Waals surface area contributed by atoms with E-state index in [1.807, 2.05) is 56.3 Å². The minimum atomic E-state index is -0.323. The first kappa shape index (κ1) is 15.5. The summed E-state index contributed by atoms with van der Waals surface area (Å²) in [5.41, 5.74) is 1.78. The molecule has 0 fully saturated rings. The molecule has 0 unspecified atom stereocenters. The molecule has 21 heavy (non-hydrogen) atoms. The van der Waals surface area contributed by atoms with Gasteiger partial charge in [0, 0.05) is 6.04 Å². The summed E-state index contributed by atoms with van der Waals surface area (Å²) in [4.78, 5) is 12.2. The molecule has 0 heterocycles. The predicted molar refractivity (Wildman–Crippen MR) is 87.5 cm³/mol. The fourth-order valence-corrected chi connectivity index (χ4v) is 2.28. The number of carbonyl (C=O) groups is 1. The number of hydrogen-bond acceptors (Lipinski definition) is 2. The van der Waals surface area contributed by atoms with Crippen LogP contribution in [-0.4, -0.2) is 11.9 Å². The Kier molecular flexibility index (Phi) is 5.37. The fourth-order valence-electron chi connectivity index (χ4n) is 2.09. The number of halogens is 1. The van der Waals surface area contributed by atoms with E-state index >= 15 is 0 Å². The zero-order valence-corrected chi connectivity index (χ0v) is 12.9. The number of para-hydroxylation sites is 1. The number of nitrogens with one attached hydrogen (secondary N) is 2. The van der Waals surface area contributed by atoms with E-state index in [1.54, 1.807) is 12.1 Å². The summed E-state index contributed by atoms with van der Waals surface area (Å²) >= 11 is 6.04. The number of amides is 1. The molecular weight excluding hydrogens is 284 g/mol. The quantitative estimate of drug-likeness (QED) is 0.876. The van der Waals surface area contributed by atoms with Crippen molar-refractivity contribution >= 4 is 23.2 Å². The molecule has 2 aromatic carbocycles. The Balaban J connectivity index is 1.95. The zero-order chi connectivity index (χ0) is 15.2. The summed E-state index contributed by atoms with van der Waals surface area (Å²) in [6.45, 7) is 3.88. The van der Waals surface area contributed by atoms with Crippen LogP contribution in [-0.2, 0) is 4.79 Å². The SMILES string of the molecule is C[C@H](N[C@H](C)C(=O)Nc1ccccc1Cl)c1ccccc1. The molecule has 2 aromatic rings. The van der Waals surface area contributed by atoms with Gasteiger partial charge >= 0.3 is 0 Å². The monoisotopic (exact) mass is 302 g/mol. The molecule has 110 valence electrons. The van der Waals surface area contributed by atoms with E-state index in [9.17, 15) is 4.79 Å². The fraction of sp³-hybridized carbons (Fsp3) is 0.235. The van der Waals surface area contributed by atoms with Gasteiger partial charge in [0.1, 0.15) is 0 Å². The van der Waals surface area contributed by atoms with Crippen LogP contribution in [0.3, 0.4) is 0 Å². The van der Waals surface area contributed by atoms with Crippen LogP contribution >= 0.6 is 11.6 Å². The number of rotatable bonds is 5. The molecule has 3 nitrogen and oxygen atoms in total. The smallest absolute Gasteiger partial charge is 0.241 e. The maximum absolute atomic E-state index is 12.2. The molecule has 0 radical (unpaired) electrons. The lowest BCUT2D eigenvalue weighted by atomic mass is 10.1. The van der Waals surface area contributed by atoms with Crippen LogP contribution in [0.2, 0.25) is 5.02 Å². The van der Waals surface area contributed by atoms with Crippen LogP contribution in [0.15, 0.2) is 54.6 Å².